The molecule has 2 heterocycles. The number of carbonyl (C=O) groups is 3. The van der Waals surface area contributed by atoms with E-state index in [1.54, 1.807) is 13.8 Å². The van der Waals surface area contributed by atoms with Crippen LogP contribution in [0.4, 0.5) is 0 Å². The van der Waals surface area contributed by atoms with E-state index in [1.807, 2.05) is 42.2 Å². The van der Waals surface area contributed by atoms with Crippen molar-refractivity contribution in [2.24, 2.45) is 0 Å². The minimum Gasteiger partial charge on any atom is -0.465 e. The zero-order chi connectivity index (χ0) is 21.1. The van der Waals surface area contributed by atoms with Gasteiger partial charge in [-0.1, -0.05) is 18.2 Å². The maximum absolute atomic E-state index is 13.1. The van der Waals surface area contributed by atoms with Crippen LogP contribution in [0.2, 0.25) is 0 Å². The summed E-state index contributed by atoms with van der Waals surface area (Å²) >= 11 is 0. The summed E-state index contributed by atoms with van der Waals surface area (Å²) in [6, 6.07) is 8.98. The third-order valence-corrected chi connectivity index (χ3v) is 5.79. The van der Waals surface area contributed by atoms with Gasteiger partial charge in [0, 0.05) is 11.3 Å². The molecule has 2 N–H and O–H groups in total. The van der Waals surface area contributed by atoms with Gasteiger partial charge < -0.3 is 19.5 Å². The van der Waals surface area contributed by atoms with E-state index in [4.69, 9.17) is 4.74 Å². The van der Waals surface area contributed by atoms with Crippen molar-refractivity contribution in [2.75, 3.05) is 33.3 Å². The van der Waals surface area contributed by atoms with E-state index in [1.165, 1.54) is 7.11 Å². The number of nitrogens with one attached hydrogen (secondary N) is 2. The standard InChI is InChI=1S/C22H27N3O4/c1-14-18(22(28)29-4)15(2)23-19(14)20(26)16(3)24-10-12-25(13-11-24)21(27)17-8-6-5-7-9-17/h5-9,16,23H,10-13H2,1-4H3/p+1/t16-/m1/s1. The number of nitrogens with zero attached hydrogens (tertiary/aromatic N) is 1. The average molecular weight is 398 g/mol. The number of esters is 1. The van der Waals surface area contributed by atoms with Gasteiger partial charge in [-0.05, 0) is 38.5 Å². The van der Waals surface area contributed by atoms with Crippen LogP contribution >= 0.6 is 0 Å². The van der Waals surface area contributed by atoms with Gasteiger partial charge in [0.2, 0.25) is 5.78 Å². The summed E-state index contributed by atoms with van der Waals surface area (Å²) in [6.45, 7) is 8.05. The van der Waals surface area contributed by atoms with Gasteiger partial charge in [-0.2, -0.15) is 0 Å². The lowest BCUT2D eigenvalue weighted by Crippen LogP contribution is -3.18. The molecule has 0 unspecified atom stereocenters. The van der Waals surface area contributed by atoms with Gasteiger partial charge in [-0.3, -0.25) is 9.59 Å². The number of ether oxygens (including phenoxy) is 1. The van der Waals surface area contributed by atoms with E-state index in [-0.39, 0.29) is 17.7 Å². The predicted molar refractivity (Wildman–Crippen MR) is 108 cm³/mol. The van der Waals surface area contributed by atoms with Crippen molar-refractivity contribution in [1.29, 1.82) is 0 Å². The van der Waals surface area contributed by atoms with Crippen LogP contribution in [0.15, 0.2) is 30.3 Å². The molecule has 1 amide bonds. The first-order valence-electron chi connectivity index (χ1n) is 9.85. The van der Waals surface area contributed by atoms with Crippen LogP contribution in [-0.4, -0.2) is 66.9 Å². The number of aromatic nitrogens is 1. The number of rotatable bonds is 5. The summed E-state index contributed by atoms with van der Waals surface area (Å²) in [5, 5.41) is 0. The SMILES string of the molecule is COC(=O)c1c(C)[nH]c(C(=O)[C@@H](C)[NH+]2CCN(C(=O)c3ccccc3)CC2)c1C. The maximum atomic E-state index is 13.1. The van der Waals surface area contributed by atoms with Crippen molar-refractivity contribution in [1.82, 2.24) is 9.88 Å². The molecule has 1 aliphatic rings. The summed E-state index contributed by atoms with van der Waals surface area (Å²) in [5.74, 6) is -0.441. The largest absolute Gasteiger partial charge is 0.465 e. The highest BCUT2D eigenvalue weighted by molar-refractivity contribution is 6.03. The lowest BCUT2D eigenvalue weighted by atomic mass is 10.0. The first-order chi connectivity index (χ1) is 13.8. The fraction of sp³-hybridized carbons (Fsp3) is 0.409. The van der Waals surface area contributed by atoms with E-state index in [0.29, 0.717) is 54.3 Å². The Hall–Kier alpha value is -2.93. The number of carbonyl (C=O) groups excluding carboxylic acids is 3. The molecule has 0 saturated carbocycles. The molecule has 2 aromatic rings. The van der Waals surface area contributed by atoms with Crippen molar-refractivity contribution in [3.8, 4) is 0 Å². The molecule has 0 radical (unpaired) electrons. The number of hydrogen-bond acceptors (Lipinski definition) is 4. The number of piperazine rings is 1. The summed E-state index contributed by atoms with van der Waals surface area (Å²) in [6.07, 6.45) is 0. The Morgan fingerprint density at radius 2 is 1.72 bits per heavy atom. The minimum absolute atomic E-state index is 0.0291. The second kappa shape index (κ2) is 8.61. The number of methoxy groups -OCH3 is 1. The summed E-state index contributed by atoms with van der Waals surface area (Å²) in [5.41, 5.74) is 2.84. The molecule has 7 nitrogen and oxygen atoms in total. The lowest BCUT2D eigenvalue weighted by molar-refractivity contribution is -0.917. The van der Waals surface area contributed by atoms with E-state index in [2.05, 4.69) is 4.98 Å². The van der Waals surface area contributed by atoms with Gasteiger partial charge in [0.05, 0.1) is 44.5 Å². The predicted octanol–water partition coefficient (Wildman–Crippen LogP) is 1.03. The van der Waals surface area contributed by atoms with E-state index < -0.39 is 5.97 Å². The normalized spacial score (nSPS) is 15.8. The first kappa shape index (κ1) is 20.8. The molecule has 3 rings (SSSR count). The number of H-pyrrole nitrogens is 1. The summed E-state index contributed by atoms with van der Waals surface area (Å²) in [7, 11) is 1.33. The smallest absolute Gasteiger partial charge is 0.339 e. The van der Waals surface area contributed by atoms with Crippen LogP contribution < -0.4 is 4.90 Å². The number of ketones is 1. The maximum Gasteiger partial charge on any atom is 0.339 e. The highest BCUT2D eigenvalue weighted by atomic mass is 16.5. The Morgan fingerprint density at radius 1 is 1.10 bits per heavy atom. The fourth-order valence-corrected chi connectivity index (χ4v) is 4.00. The highest BCUT2D eigenvalue weighted by Gasteiger charge is 2.34. The lowest BCUT2D eigenvalue weighted by Gasteiger charge is -2.34. The summed E-state index contributed by atoms with van der Waals surface area (Å²) < 4.78 is 4.83. The fourth-order valence-electron chi connectivity index (χ4n) is 4.00. The van der Waals surface area contributed by atoms with Crippen molar-refractivity contribution in [2.45, 2.75) is 26.8 Å². The Balaban J connectivity index is 1.67. The molecule has 154 valence electrons. The zero-order valence-corrected chi connectivity index (χ0v) is 17.4. The molecule has 0 spiro atoms. The van der Waals surface area contributed by atoms with Crippen LogP contribution in [0.3, 0.4) is 0 Å². The van der Waals surface area contributed by atoms with E-state index in [0.717, 1.165) is 4.90 Å². The number of quaternary nitrogens is 1. The molecule has 0 aliphatic carbocycles. The first-order valence-corrected chi connectivity index (χ1v) is 9.85. The third-order valence-electron chi connectivity index (χ3n) is 5.79. The number of Topliss-reactive ketones (excluding diaryl/α,β-unsaturated/α-hetero) is 1. The Bertz CT molecular complexity index is 912. The molecule has 7 heteroatoms. The van der Waals surface area contributed by atoms with Crippen LogP contribution in [0, 0.1) is 13.8 Å². The van der Waals surface area contributed by atoms with Gasteiger partial charge in [0.15, 0.2) is 6.04 Å². The number of benzene rings is 1. The molecule has 0 bridgehead atoms. The molecular weight excluding hydrogens is 370 g/mol. The molecule has 1 aromatic heterocycles. The number of aromatic amines is 1. The molecule has 1 saturated heterocycles. The molecule has 29 heavy (non-hydrogen) atoms. The number of amides is 1. The van der Waals surface area contributed by atoms with Gasteiger partial charge in [-0.25, -0.2) is 4.79 Å². The second-order valence-electron chi connectivity index (χ2n) is 7.52. The summed E-state index contributed by atoms with van der Waals surface area (Å²) in [4.78, 5) is 43.7. The highest BCUT2D eigenvalue weighted by Crippen LogP contribution is 2.20. The third kappa shape index (κ3) is 4.10. The topological polar surface area (TPSA) is 83.9 Å². The second-order valence-corrected chi connectivity index (χ2v) is 7.52. The van der Waals surface area contributed by atoms with Crippen molar-refractivity contribution in [3.63, 3.8) is 0 Å². The Kier molecular flexibility index (Phi) is 6.17. The molecular formula is C22H28N3O4+. The quantitative estimate of drug-likeness (QED) is 0.582. The van der Waals surface area contributed by atoms with Gasteiger partial charge in [0.1, 0.15) is 0 Å². The molecule has 1 aliphatic heterocycles. The Labute approximate surface area is 170 Å². The van der Waals surface area contributed by atoms with E-state index in [9.17, 15) is 14.4 Å². The molecule has 1 atom stereocenters. The van der Waals surface area contributed by atoms with Gasteiger partial charge in [0.25, 0.3) is 5.91 Å². The van der Waals surface area contributed by atoms with Crippen molar-refractivity contribution >= 4 is 17.7 Å². The van der Waals surface area contributed by atoms with Crippen LogP contribution in [0.25, 0.3) is 0 Å². The Morgan fingerprint density at radius 3 is 2.31 bits per heavy atom. The number of aryl methyl sites for hydroxylation is 1. The van der Waals surface area contributed by atoms with Crippen molar-refractivity contribution in [3.05, 3.63) is 58.4 Å². The van der Waals surface area contributed by atoms with Gasteiger partial charge in [-0.15, -0.1) is 0 Å². The minimum atomic E-state index is -0.441. The van der Waals surface area contributed by atoms with Gasteiger partial charge >= 0.3 is 5.97 Å². The zero-order valence-electron chi connectivity index (χ0n) is 17.4. The van der Waals surface area contributed by atoms with Crippen LogP contribution in [0.5, 0.6) is 0 Å². The van der Waals surface area contributed by atoms with E-state index >= 15 is 0 Å². The monoisotopic (exact) mass is 398 g/mol. The average Bonchev–Trinajstić information content (AvgIpc) is 3.06. The van der Waals surface area contributed by atoms with Crippen LogP contribution in [-0.2, 0) is 4.74 Å². The molecule has 1 aromatic carbocycles. The van der Waals surface area contributed by atoms with Crippen LogP contribution in [0.1, 0.15) is 49.4 Å². The van der Waals surface area contributed by atoms with Crippen molar-refractivity contribution < 1.29 is 24.0 Å². The molecule has 1 fully saturated rings. The number of hydrogen-bond donors (Lipinski definition) is 2.